The first-order valence-electron chi connectivity index (χ1n) is 9.71. The van der Waals surface area contributed by atoms with Crippen molar-refractivity contribution in [1.29, 1.82) is 0 Å². The van der Waals surface area contributed by atoms with E-state index in [2.05, 4.69) is 15.0 Å². The number of hydrogen-bond donors (Lipinski definition) is 1. The molecule has 138 valence electrons. The maximum absolute atomic E-state index is 13.4. The van der Waals surface area contributed by atoms with E-state index in [1.54, 1.807) is 18.3 Å². The standard InChI is InChI=1S/C21H22FN5/c22-16-8-6-15(7-9-16)20-19(18-3-1-2-12-27(18)26-20)17-10-11-23-21(25-17)24-13-14-4-5-14/h6-11,14H,1-5,12-13H2,(H,23,24,25). The van der Waals surface area contributed by atoms with Crippen LogP contribution in [0.3, 0.4) is 0 Å². The molecule has 1 N–H and O–H groups in total. The molecule has 1 aromatic carbocycles. The number of anilines is 1. The first-order chi connectivity index (χ1) is 13.3. The second-order valence-electron chi connectivity index (χ2n) is 7.45. The van der Waals surface area contributed by atoms with Crippen molar-refractivity contribution in [3.8, 4) is 22.5 Å². The van der Waals surface area contributed by atoms with Gasteiger partial charge in [0, 0.05) is 36.1 Å². The van der Waals surface area contributed by atoms with Crippen molar-refractivity contribution in [2.24, 2.45) is 5.92 Å². The molecule has 5 nitrogen and oxygen atoms in total. The number of fused-ring (bicyclic) bond motifs is 1. The predicted molar refractivity (Wildman–Crippen MR) is 103 cm³/mol. The fourth-order valence-corrected chi connectivity index (χ4v) is 3.71. The van der Waals surface area contributed by atoms with Gasteiger partial charge >= 0.3 is 0 Å². The zero-order valence-electron chi connectivity index (χ0n) is 15.2. The summed E-state index contributed by atoms with van der Waals surface area (Å²) in [6.45, 7) is 1.85. The lowest BCUT2D eigenvalue weighted by molar-refractivity contribution is 0.487. The molecule has 0 spiro atoms. The Bertz CT molecular complexity index is 959. The van der Waals surface area contributed by atoms with Gasteiger partial charge in [-0.3, -0.25) is 4.68 Å². The zero-order valence-corrected chi connectivity index (χ0v) is 15.2. The smallest absolute Gasteiger partial charge is 0.223 e. The van der Waals surface area contributed by atoms with Crippen LogP contribution in [0.4, 0.5) is 10.3 Å². The number of nitrogens with one attached hydrogen (secondary N) is 1. The minimum Gasteiger partial charge on any atom is -0.354 e. The van der Waals surface area contributed by atoms with Gasteiger partial charge in [-0.15, -0.1) is 0 Å². The van der Waals surface area contributed by atoms with E-state index in [1.807, 2.05) is 6.07 Å². The van der Waals surface area contributed by atoms with E-state index in [4.69, 9.17) is 10.1 Å². The van der Waals surface area contributed by atoms with Crippen molar-refractivity contribution in [2.75, 3.05) is 11.9 Å². The summed E-state index contributed by atoms with van der Waals surface area (Å²) in [5, 5.41) is 8.21. The largest absolute Gasteiger partial charge is 0.354 e. The van der Waals surface area contributed by atoms with Crippen molar-refractivity contribution in [3.05, 3.63) is 48.0 Å². The SMILES string of the molecule is Fc1ccc(-c2nn3c(c2-c2ccnc(NCC4CC4)n2)CCCC3)cc1. The van der Waals surface area contributed by atoms with Gasteiger partial charge in [0.15, 0.2) is 0 Å². The maximum Gasteiger partial charge on any atom is 0.223 e. The lowest BCUT2D eigenvalue weighted by atomic mass is 9.99. The Morgan fingerprint density at radius 2 is 1.96 bits per heavy atom. The third-order valence-corrected chi connectivity index (χ3v) is 5.37. The van der Waals surface area contributed by atoms with E-state index >= 15 is 0 Å². The van der Waals surface area contributed by atoms with Crippen molar-refractivity contribution >= 4 is 5.95 Å². The summed E-state index contributed by atoms with van der Waals surface area (Å²) >= 11 is 0. The van der Waals surface area contributed by atoms with Crippen LogP contribution in [0.25, 0.3) is 22.5 Å². The highest BCUT2D eigenvalue weighted by Gasteiger charge is 2.24. The normalized spacial score (nSPS) is 16.2. The molecule has 0 amide bonds. The van der Waals surface area contributed by atoms with Gasteiger partial charge in [-0.2, -0.15) is 5.10 Å². The van der Waals surface area contributed by atoms with Crippen LogP contribution in [0.5, 0.6) is 0 Å². The fraction of sp³-hybridized carbons (Fsp3) is 0.381. The predicted octanol–water partition coefficient (Wildman–Crippen LogP) is 4.30. The molecule has 1 saturated carbocycles. The maximum atomic E-state index is 13.4. The first-order valence-corrected chi connectivity index (χ1v) is 9.71. The molecule has 1 aliphatic heterocycles. The lowest BCUT2D eigenvalue weighted by Gasteiger charge is -2.14. The van der Waals surface area contributed by atoms with Crippen LogP contribution in [0.1, 0.15) is 31.4 Å². The summed E-state index contributed by atoms with van der Waals surface area (Å²) in [5.74, 6) is 1.19. The van der Waals surface area contributed by atoms with Gasteiger partial charge in [0.05, 0.1) is 5.69 Å². The van der Waals surface area contributed by atoms with E-state index in [0.29, 0.717) is 5.95 Å². The van der Waals surface area contributed by atoms with Crippen molar-refractivity contribution in [2.45, 2.75) is 38.6 Å². The van der Waals surface area contributed by atoms with Crippen LogP contribution in [0.15, 0.2) is 36.5 Å². The van der Waals surface area contributed by atoms with Crippen LogP contribution in [-0.4, -0.2) is 26.3 Å². The molecule has 1 aliphatic carbocycles. The third-order valence-electron chi connectivity index (χ3n) is 5.37. The molecule has 0 saturated heterocycles. The second-order valence-corrected chi connectivity index (χ2v) is 7.45. The van der Waals surface area contributed by atoms with Crippen molar-refractivity contribution in [1.82, 2.24) is 19.7 Å². The molecule has 0 radical (unpaired) electrons. The summed E-state index contributed by atoms with van der Waals surface area (Å²) in [4.78, 5) is 9.15. The summed E-state index contributed by atoms with van der Waals surface area (Å²) < 4.78 is 15.5. The molecule has 0 bridgehead atoms. The molecule has 6 heteroatoms. The molecule has 5 rings (SSSR count). The monoisotopic (exact) mass is 363 g/mol. The average molecular weight is 363 g/mol. The first kappa shape index (κ1) is 16.4. The fourth-order valence-electron chi connectivity index (χ4n) is 3.71. The molecule has 3 heterocycles. The number of aromatic nitrogens is 4. The van der Waals surface area contributed by atoms with E-state index in [-0.39, 0.29) is 5.82 Å². The molecule has 2 aromatic heterocycles. The number of hydrogen-bond acceptors (Lipinski definition) is 4. The quantitative estimate of drug-likeness (QED) is 0.734. The minimum atomic E-state index is -0.238. The van der Waals surface area contributed by atoms with Gasteiger partial charge in [0.25, 0.3) is 0 Å². The van der Waals surface area contributed by atoms with Crippen LogP contribution in [0, 0.1) is 11.7 Å². The van der Waals surface area contributed by atoms with Crippen molar-refractivity contribution in [3.63, 3.8) is 0 Å². The van der Waals surface area contributed by atoms with E-state index in [9.17, 15) is 4.39 Å². The Balaban J connectivity index is 1.58. The van der Waals surface area contributed by atoms with Gasteiger partial charge in [0.1, 0.15) is 11.5 Å². The summed E-state index contributed by atoms with van der Waals surface area (Å²) in [7, 11) is 0. The van der Waals surface area contributed by atoms with Gasteiger partial charge in [-0.05, 0) is 68.4 Å². The topological polar surface area (TPSA) is 55.6 Å². The highest BCUT2D eigenvalue weighted by atomic mass is 19.1. The number of nitrogens with zero attached hydrogens (tertiary/aromatic N) is 4. The summed E-state index contributed by atoms with van der Waals surface area (Å²) in [5.41, 5.74) is 4.94. The molecule has 3 aromatic rings. The van der Waals surface area contributed by atoms with Gasteiger partial charge in [0.2, 0.25) is 5.95 Å². The summed E-state index contributed by atoms with van der Waals surface area (Å²) in [6.07, 6.45) is 7.66. The Morgan fingerprint density at radius 1 is 1.11 bits per heavy atom. The van der Waals surface area contributed by atoms with E-state index in [0.717, 1.165) is 60.8 Å². The molecule has 27 heavy (non-hydrogen) atoms. The van der Waals surface area contributed by atoms with Crippen LogP contribution >= 0.6 is 0 Å². The molecule has 2 aliphatic rings. The number of benzene rings is 1. The Kier molecular flexibility index (Phi) is 4.11. The van der Waals surface area contributed by atoms with Gasteiger partial charge < -0.3 is 5.32 Å². The highest BCUT2D eigenvalue weighted by molar-refractivity contribution is 5.81. The van der Waals surface area contributed by atoms with Gasteiger partial charge in [-0.1, -0.05) is 0 Å². The minimum absolute atomic E-state index is 0.238. The van der Waals surface area contributed by atoms with E-state index < -0.39 is 0 Å². The summed E-state index contributed by atoms with van der Waals surface area (Å²) in [6, 6.07) is 8.50. The lowest BCUT2D eigenvalue weighted by Crippen LogP contribution is -2.11. The molecule has 0 unspecified atom stereocenters. The van der Waals surface area contributed by atoms with Crippen LogP contribution in [0.2, 0.25) is 0 Å². The Labute approximate surface area is 157 Å². The Morgan fingerprint density at radius 3 is 2.78 bits per heavy atom. The third kappa shape index (κ3) is 3.31. The number of rotatable bonds is 5. The zero-order chi connectivity index (χ0) is 18.2. The van der Waals surface area contributed by atoms with E-state index in [1.165, 1.54) is 30.7 Å². The highest BCUT2D eigenvalue weighted by Crippen LogP contribution is 2.36. The molecule has 0 atom stereocenters. The molecule has 1 fully saturated rings. The number of halogens is 1. The molecular weight excluding hydrogens is 341 g/mol. The molecular formula is C21H22FN5. The Hall–Kier alpha value is -2.76. The van der Waals surface area contributed by atoms with Crippen molar-refractivity contribution < 1.29 is 4.39 Å². The average Bonchev–Trinajstić information content (AvgIpc) is 3.45. The second kappa shape index (κ2) is 6.76. The van der Waals surface area contributed by atoms with Crippen LogP contribution in [-0.2, 0) is 13.0 Å². The van der Waals surface area contributed by atoms with Gasteiger partial charge in [-0.25, -0.2) is 14.4 Å². The van der Waals surface area contributed by atoms with Crippen LogP contribution < -0.4 is 5.32 Å². The number of aryl methyl sites for hydroxylation is 1.